The van der Waals surface area contributed by atoms with Crippen LogP contribution in [-0.4, -0.2) is 17.7 Å². The highest BCUT2D eigenvalue weighted by Crippen LogP contribution is 2.24. The zero-order valence-corrected chi connectivity index (χ0v) is 13.4. The van der Waals surface area contributed by atoms with Crippen LogP contribution in [0.4, 0.5) is 0 Å². The number of aliphatic carboxylic acids is 1. The fourth-order valence-corrected chi connectivity index (χ4v) is 2.81. The molecule has 0 bridgehead atoms. The molecule has 1 aromatic carbocycles. The van der Waals surface area contributed by atoms with E-state index in [1.165, 1.54) is 11.3 Å². The summed E-state index contributed by atoms with van der Waals surface area (Å²) in [4.78, 5) is 12.2. The van der Waals surface area contributed by atoms with Gasteiger partial charge in [0.15, 0.2) is 0 Å². The van der Waals surface area contributed by atoms with Gasteiger partial charge in [-0.25, -0.2) is 4.79 Å². The van der Waals surface area contributed by atoms with Gasteiger partial charge in [0, 0.05) is 4.88 Å². The van der Waals surface area contributed by atoms with Crippen molar-refractivity contribution in [1.29, 1.82) is 0 Å². The average Bonchev–Trinajstić information content (AvgIpc) is 3.03. The van der Waals surface area contributed by atoms with E-state index in [-0.39, 0.29) is 0 Å². The first-order valence-corrected chi connectivity index (χ1v) is 8.30. The molecule has 4 heteroatoms. The normalized spacial score (nSPS) is 11.4. The van der Waals surface area contributed by atoms with Crippen molar-refractivity contribution in [2.24, 2.45) is 0 Å². The molecule has 22 heavy (non-hydrogen) atoms. The van der Waals surface area contributed by atoms with E-state index in [1.807, 2.05) is 41.8 Å². The molecule has 0 aliphatic heterocycles. The Labute approximate surface area is 134 Å². The van der Waals surface area contributed by atoms with E-state index >= 15 is 0 Å². The van der Waals surface area contributed by atoms with Crippen LogP contribution in [0.1, 0.15) is 36.6 Å². The van der Waals surface area contributed by atoms with Crippen LogP contribution in [0.5, 0.6) is 5.75 Å². The van der Waals surface area contributed by atoms with Gasteiger partial charge < -0.3 is 9.84 Å². The predicted octanol–water partition coefficient (Wildman–Crippen LogP) is 4.94. The van der Waals surface area contributed by atoms with Crippen molar-refractivity contribution in [3.63, 3.8) is 0 Å². The summed E-state index contributed by atoms with van der Waals surface area (Å²) in [6.45, 7) is 2.85. The number of benzene rings is 1. The molecule has 0 spiro atoms. The lowest BCUT2D eigenvalue weighted by atomic mass is 10.1. The monoisotopic (exact) mass is 316 g/mol. The van der Waals surface area contributed by atoms with Crippen molar-refractivity contribution < 1.29 is 14.6 Å². The van der Waals surface area contributed by atoms with Gasteiger partial charge in [-0.1, -0.05) is 38.0 Å². The molecule has 0 atom stereocenters. The van der Waals surface area contributed by atoms with Gasteiger partial charge in [-0.3, -0.25) is 0 Å². The molecule has 1 N–H and O–H groups in total. The summed E-state index contributed by atoms with van der Waals surface area (Å²) in [6.07, 6.45) is 5.04. The Balaban J connectivity index is 2.14. The van der Waals surface area contributed by atoms with Crippen LogP contribution < -0.4 is 4.74 Å². The SMILES string of the molecule is CCCCCOc1cccc(/C=C(\C(=O)O)c2cccs2)c1. The Kier molecular flexibility index (Phi) is 6.22. The van der Waals surface area contributed by atoms with E-state index in [9.17, 15) is 9.90 Å². The maximum Gasteiger partial charge on any atom is 0.337 e. The maximum atomic E-state index is 11.4. The van der Waals surface area contributed by atoms with Crippen molar-refractivity contribution in [1.82, 2.24) is 0 Å². The molecule has 0 amide bonds. The van der Waals surface area contributed by atoms with Gasteiger partial charge in [-0.2, -0.15) is 0 Å². The number of hydrogen-bond acceptors (Lipinski definition) is 3. The molecule has 0 radical (unpaired) electrons. The molecule has 2 aromatic rings. The van der Waals surface area contributed by atoms with Crippen LogP contribution in [0.2, 0.25) is 0 Å². The molecular formula is C18H20O3S. The van der Waals surface area contributed by atoms with Gasteiger partial charge in [-0.05, 0) is 41.6 Å². The highest BCUT2D eigenvalue weighted by atomic mass is 32.1. The van der Waals surface area contributed by atoms with Crippen LogP contribution in [0.3, 0.4) is 0 Å². The van der Waals surface area contributed by atoms with Gasteiger partial charge in [0.25, 0.3) is 0 Å². The molecular weight excluding hydrogens is 296 g/mol. The Bertz CT molecular complexity index is 630. The van der Waals surface area contributed by atoms with Crippen LogP contribution in [0.15, 0.2) is 41.8 Å². The molecule has 0 aliphatic carbocycles. The predicted molar refractivity (Wildman–Crippen MR) is 91.3 cm³/mol. The molecule has 0 saturated carbocycles. The second-order valence-electron chi connectivity index (χ2n) is 4.97. The summed E-state index contributed by atoms with van der Waals surface area (Å²) in [7, 11) is 0. The quantitative estimate of drug-likeness (QED) is 0.554. The first-order valence-electron chi connectivity index (χ1n) is 7.42. The molecule has 0 aliphatic rings. The second kappa shape index (κ2) is 8.39. The van der Waals surface area contributed by atoms with E-state index in [4.69, 9.17) is 4.74 Å². The van der Waals surface area contributed by atoms with Crippen LogP contribution >= 0.6 is 11.3 Å². The van der Waals surface area contributed by atoms with E-state index in [0.29, 0.717) is 12.2 Å². The molecule has 116 valence electrons. The van der Waals surface area contributed by atoms with Gasteiger partial charge in [0.05, 0.1) is 12.2 Å². The molecule has 1 heterocycles. The number of carbonyl (C=O) groups is 1. The smallest absolute Gasteiger partial charge is 0.337 e. The topological polar surface area (TPSA) is 46.5 Å². The van der Waals surface area contributed by atoms with Crippen molar-refractivity contribution in [3.8, 4) is 5.75 Å². The van der Waals surface area contributed by atoms with Crippen LogP contribution in [0.25, 0.3) is 11.6 Å². The molecule has 1 aromatic heterocycles. The summed E-state index contributed by atoms with van der Waals surface area (Å²) in [6, 6.07) is 11.2. The molecule has 2 rings (SSSR count). The van der Waals surface area contributed by atoms with Gasteiger partial charge in [0.1, 0.15) is 5.75 Å². The molecule has 3 nitrogen and oxygen atoms in total. The van der Waals surface area contributed by atoms with Crippen molar-refractivity contribution >= 4 is 29.0 Å². The number of unbranched alkanes of at least 4 members (excludes halogenated alkanes) is 2. The fourth-order valence-electron chi connectivity index (χ4n) is 2.07. The number of ether oxygens (including phenoxy) is 1. The number of rotatable bonds is 8. The van der Waals surface area contributed by atoms with E-state index < -0.39 is 5.97 Å². The Hall–Kier alpha value is -2.07. The zero-order chi connectivity index (χ0) is 15.8. The minimum atomic E-state index is -0.920. The first kappa shape index (κ1) is 16.3. The van der Waals surface area contributed by atoms with Gasteiger partial charge in [-0.15, -0.1) is 11.3 Å². The first-order chi connectivity index (χ1) is 10.7. The van der Waals surface area contributed by atoms with Gasteiger partial charge >= 0.3 is 5.97 Å². The van der Waals surface area contributed by atoms with E-state index in [0.717, 1.165) is 35.5 Å². The highest BCUT2D eigenvalue weighted by Gasteiger charge is 2.11. The molecule has 0 unspecified atom stereocenters. The molecule has 0 saturated heterocycles. The fraction of sp³-hybridized carbons (Fsp3) is 0.278. The third-order valence-corrected chi connectivity index (χ3v) is 4.11. The number of thiophene rings is 1. The number of carboxylic acid groups (broad SMARTS) is 1. The van der Waals surface area contributed by atoms with Crippen molar-refractivity contribution in [2.45, 2.75) is 26.2 Å². The van der Waals surface area contributed by atoms with E-state index in [1.54, 1.807) is 6.08 Å². The summed E-state index contributed by atoms with van der Waals surface area (Å²) < 4.78 is 5.71. The minimum absolute atomic E-state index is 0.304. The average molecular weight is 316 g/mol. The van der Waals surface area contributed by atoms with Crippen LogP contribution in [0, 0.1) is 0 Å². The Morgan fingerprint density at radius 1 is 1.27 bits per heavy atom. The van der Waals surface area contributed by atoms with E-state index in [2.05, 4.69) is 6.92 Å². The third kappa shape index (κ3) is 4.74. The number of carboxylic acids is 1. The summed E-state index contributed by atoms with van der Waals surface area (Å²) in [5.74, 6) is -0.141. The maximum absolute atomic E-state index is 11.4. The summed E-state index contributed by atoms with van der Waals surface area (Å²) >= 11 is 1.42. The lowest BCUT2D eigenvalue weighted by molar-refractivity contribution is -0.130. The lowest BCUT2D eigenvalue weighted by Gasteiger charge is -2.07. The molecule has 0 fully saturated rings. The minimum Gasteiger partial charge on any atom is -0.494 e. The van der Waals surface area contributed by atoms with Crippen LogP contribution in [-0.2, 0) is 4.79 Å². The van der Waals surface area contributed by atoms with Crippen molar-refractivity contribution in [3.05, 3.63) is 52.2 Å². The Morgan fingerprint density at radius 3 is 2.82 bits per heavy atom. The summed E-state index contributed by atoms with van der Waals surface area (Å²) in [5, 5.41) is 11.3. The highest BCUT2D eigenvalue weighted by molar-refractivity contribution is 7.11. The third-order valence-electron chi connectivity index (χ3n) is 3.20. The second-order valence-corrected chi connectivity index (χ2v) is 5.92. The largest absolute Gasteiger partial charge is 0.494 e. The van der Waals surface area contributed by atoms with Crippen molar-refractivity contribution in [2.75, 3.05) is 6.61 Å². The standard InChI is InChI=1S/C18H20O3S/c1-2-3-4-10-21-15-8-5-7-14(12-15)13-16(18(19)20)17-9-6-11-22-17/h5-9,11-13H,2-4,10H2,1H3,(H,19,20)/b16-13-. The Morgan fingerprint density at radius 2 is 2.14 bits per heavy atom. The van der Waals surface area contributed by atoms with Gasteiger partial charge in [0.2, 0.25) is 0 Å². The lowest BCUT2D eigenvalue weighted by Crippen LogP contribution is -1.98. The summed E-state index contributed by atoms with van der Waals surface area (Å²) in [5.41, 5.74) is 1.14. The zero-order valence-electron chi connectivity index (χ0n) is 12.6. The number of hydrogen-bond donors (Lipinski definition) is 1.